The highest BCUT2D eigenvalue weighted by Crippen LogP contribution is 2.36. The number of nitrogens with one attached hydrogen (secondary N) is 1. The molecular formula is C31H31N3O7. The third-order valence-corrected chi connectivity index (χ3v) is 6.21. The third-order valence-electron chi connectivity index (χ3n) is 6.21. The quantitative estimate of drug-likeness (QED) is 0.262. The summed E-state index contributed by atoms with van der Waals surface area (Å²) in [6, 6.07) is 23.2. The van der Waals surface area contributed by atoms with Gasteiger partial charge in [0.2, 0.25) is 0 Å². The van der Waals surface area contributed by atoms with Gasteiger partial charge in [-0.05, 0) is 49.7 Å². The summed E-state index contributed by atoms with van der Waals surface area (Å²) in [4.78, 5) is 38.4. The molecule has 0 bridgehead atoms. The lowest BCUT2D eigenvalue weighted by atomic mass is 10.0. The van der Waals surface area contributed by atoms with Crippen LogP contribution in [-0.2, 0) is 14.3 Å². The average Bonchev–Trinajstić information content (AvgIpc) is 3.41. The van der Waals surface area contributed by atoms with E-state index in [2.05, 4.69) is 10.4 Å². The van der Waals surface area contributed by atoms with Crippen molar-refractivity contribution in [1.29, 1.82) is 0 Å². The molecule has 1 atom stereocenters. The largest absolute Gasteiger partial charge is 0.490 e. The number of aromatic nitrogens is 2. The van der Waals surface area contributed by atoms with Crippen LogP contribution < -0.4 is 14.8 Å². The summed E-state index contributed by atoms with van der Waals surface area (Å²) in [5.74, 6) is -1.16. The van der Waals surface area contributed by atoms with E-state index in [-0.39, 0.29) is 35.5 Å². The number of ether oxygens (including phenoxy) is 4. The minimum absolute atomic E-state index is 0.0615. The van der Waals surface area contributed by atoms with Gasteiger partial charge in [0.1, 0.15) is 11.3 Å². The minimum Gasteiger partial charge on any atom is -0.490 e. The maximum Gasteiger partial charge on any atom is 0.357 e. The van der Waals surface area contributed by atoms with Crippen LogP contribution in [-0.4, -0.2) is 55.1 Å². The van der Waals surface area contributed by atoms with Crippen LogP contribution in [0, 0.1) is 0 Å². The van der Waals surface area contributed by atoms with Crippen LogP contribution in [0.4, 0.5) is 0 Å². The molecule has 0 saturated carbocycles. The zero-order valence-electron chi connectivity index (χ0n) is 23.2. The monoisotopic (exact) mass is 557 g/mol. The first kappa shape index (κ1) is 28.9. The van der Waals surface area contributed by atoms with Crippen molar-refractivity contribution in [2.75, 3.05) is 27.4 Å². The van der Waals surface area contributed by atoms with Crippen LogP contribution in [0.3, 0.4) is 0 Å². The molecule has 10 heteroatoms. The molecule has 10 nitrogen and oxygen atoms in total. The van der Waals surface area contributed by atoms with Crippen molar-refractivity contribution >= 4 is 17.8 Å². The highest BCUT2D eigenvalue weighted by Gasteiger charge is 2.31. The molecule has 1 aromatic heterocycles. The van der Waals surface area contributed by atoms with Crippen molar-refractivity contribution in [3.63, 3.8) is 0 Å². The van der Waals surface area contributed by atoms with Gasteiger partial charge in [0.25, 0.3) is 5.91 Å². The predicted octanol–water partition coefficient (Wildman–Crippen LogP) is 4.77. The molecular weight excluding hydrogens is 526 g/mol. The smallest absolute Gasteiger partial charge is 0.357 e. The summed E-state index contributed by atoms with van der Waals surface area (Å²) in [5.41, 5.74) is 2.02. The van der Waals surface area contributed by atoms with E-state index in [9.17, 15) is 14.4 Å². The lowest BCUT2D eigenvalue weighted by Gasteiger charge is -2.16. The average molecular weight is 558 g/mol. The van der Waals surface area contributed by atoms with Gasteiger partial charge < -0.3 is 24.3 Å². The van der Waals surface area contributed by atoms with Crippen molar-refractivity contribution in [2.24, 2.45) is 0 Å². The third kappa shape index (κ3) is 6.55. The number of para-hydroxylation sites is 1. The minimum atomic E-state index is -0.759. The fourth-order valence-electron chi connectivity index (χ4n) is 4.25. The molecule has 3 aromatic carbocycles. The number of carbonyl (C=O) groups excluding carboxylic acids is 3. The van der Waals surface area contributed by atoms with Gasteiger partial charge >= 0.3 is 11.9 Å². The summed E-state index contributed by atoms with van der Waals surface area (Å²) in [6.07, 6.45) is 0. The number of nitrogens with zero attached hydrogens (tertiary/aromatic N) is 2. The lowest BCUT2D eigenvalue weighted by Crippen LogP contribution is -2.31. The Morgan fingerprint density at radius 1 is 0.854 bits per heavy atom. The fraction of sp³-hybridized carbons (Fsp3) is 0.226. The molecule has 0 aliphatic carbocycles. The van der Waals surface area contributed by atoms with E-state index in [0.29, 0.717) is 29.4 Å². The predicted molar refractivity (Wildman–Crippen MR) is 151 cm³/mol. The lowest BCUT2D eigenvalue weighted by molar-refractivity contribution is -0.123. The first-order chi connectivity index (χ1) is 19.9. The number of hydrogen-bond acceptors (Lipinski definition) is 8. The summed E-state index contributed by atoms with van der Waals surface area (Å²) in [5, 5.41) is 7.52. The Bertz CT molecular complexity index is 1520. The van der Waals surface area contributed by atoms with Gasteiger partial charge in [-0.2, -0.15) is 5.10 Å². The zero-order chi connectivity index (χ0) is 29.4. The van der Waals surface area contributed by atoms with Crippen molar-refractivity contribution in [3.05, 3.63) is 95.7 Å². The topological polar surface area (TPSA) is 118 Å². The van der Waals surface area contributed by atoms with E-state index in [1.165, 1.54) is 18.9 Å². The van der Waals surface area contributed by atoms with E-state index in [1.54, 1.807) is 42.5 Å². The van der Waals surface area contributed by atoms with Crippen molar-refractivity contribution in [3.8, 4) is 28.4 Å². The maximum absolute atomic E-state index is 13.0. The van der Waals surface area contributed by atoms with Crippen LogP contribution in [0.15, 0.2) is 78.9 Å². The van der Waals surface area contributed by atoms with Gasteiger partial charge in [0, 0.05) is 5.56 Å². The van der Waals surface area contributed by atoms with Crippen LogP contribution in [0.25, 0.3) is 16.9 Å². The SMILES string of the molecule is CCOc1cc(-c2nn(-c3ccccc3)c(C(=O)OC)c2C(=O)OC)ccc1OCC(=O)NC(C)c1ccccc1. The number of esters is 2. The second-order valence-corrected chi connectivity index (χ2v) is 8.89. The van der Waals surface area contributed by atoms with E-state index < -0.39 is 11.9 Å². The molecule has 0 spiro atoms. The molecule has 1 heterocycles. The molecule has 0 saturated heterocycles. The number of methoxy groups -OCH3 is 2. The first-order valence-electron chi connectivity index (χ1n) is 13.0. The molecule has 41 heavy (non-hydrogen) atoms. The highest BCUT2D eigenvalue weighted by atomic mass is 16.5. The standard InChI is InChI=1S/C31H31N3O7/c1-5-40-25-18-22(16-17-24(25)41-19-26(35)32-20(2)21-12-8-6-9-13-21)28-27(30(36)38-3)29(31(37)39-4)34(33-28)23-14-10-7-11-15-23/h6-18,20H,5,19H2,1-4H3,(H,32,35). The second kappa shape index (κ2) is 13.3. The van der Waals surface area contributed by atoms with Crippen molar-refractivity contribution < 1.29 is 33.3 Å². The van der Waals surface area contributed by atoms with Crippen LogP contribution in [0.1, 0.15) is 46.3 Å². The summed E-state index contributed by atoms with van der Waals surface area (Å²) in [7, 11) is 2.45. The number of amides is 1. The van der Waals surface area contributed by atoms with Gasteiger partial charge in [-0.1, -0.05) is 48.5 Å². The van der Waals surface area contributed by atoms with Gasteiger partial charge in [0.15, 0.2) is 23.8 Å². The van der Waals surface area contributed by atoms with Gasteiger partial charge in [-0.15, -0.1) is 0 Å². The van der Waals surface area contributed by atoms with Crippen LogP contribution >= 0.6 is 0 Å². The summed E-state index contributed by atoms with van der Waals surface area (Å²) >= 11 is 0. The summed E-state index contributed by atoms with van der Waals surface area (Å²) in [6.45, 7) is 3.78. The van der Waals surface area contributed by atoms with Crippen molar-refractivity contribution in [2.45, 2.75) is 19.9 Å². The Labute approximate surface area is 237 Å². The molecule has 212 valence electrons. The second-order valence-electron chi connectivity index (χ2n) is 8.89. The van der Waals surface area contributed by atoms with Gasteiger partial charge in [-0.3, -0.25) is 4.79 Å². The maximum atomic E-state index is 13.0. The molecule has 0 aliphatic rings. The normalized spacial score (nSPS) is 11.3. The molecule has 4 aromatic rings. The van der Waals surface area contributed by atoms with Crippen LogP contribution in [0.2, 0.25) is 0 Å². The van der Waals surface area contributed by atoms with Gasteiger partial charge in [0.05, 0.1) is 32.6 Å². The first-order valence-corrected chi connectivity index (χ1v) is 13.0. The van der Waals surface area contributed by atoms with Crippen LogP contribution in [0.5, 0.6) is 11.5 Å². The summed E-state index contributed by atoms with van der Waals surface area (Å²) < 4.78 is 22.9. The Kier molecular flexibility index (Phi) is 9.36. The molecule has 0 aliphatic heterocycles. The number of benzene rings is 3. The van der Waals surface area contributed by atoms with Crippen molar-refractivity contribution in [1.82, 2.24) is 15.1 Å². The molecule has 1 N–H and O–H groups in total. The highest BCUT2D eigenvalue weighted by molar-refractivity contribution is 6.07. The Morgan fingerprint density at radius 3 is 2.15 bits per heavy atom. The molecule has 1 amide bonds. The van der Waals surface area contributed by atoms with Gasteiger partial charge in [-0.25, -0.2) is 14.3 Å². The fourth-order valence-corrected chi connectivity index (χ4v) is 4.25. The Morgan fingerprint density at radius 2 is 1.51 bits per heavy atom. The molecule has 4 rings (SSSR count). The Hall–Kier alpha value is -5.12. The molecule has 1 unspecified atom stereocenters. The number of rotatable bonds is 11. The van der Waals surface area contributed by atoms with E-state index >= 15 is 0 Å². The molecule has 0 fully saturated rings. The van der Waals surface area contributed by atoms with E-state index in [0.717, 1.165) is 5.56 Å². The van der Waals surface area contributed by atoms with E-state index in [4.69, 9.17) is 18.9 Å². The molecule has 0 radical (unpaired) electrons. The van der Waals surface area contributed by atoms with E-state index in [1.807, 2.05) is 50.2 Å². The number of hydrogen-bond donors (Lipinski definition) is 1. The number of carbonyl (C=O) groups is 3. The Balaban J connectivity index is 1.67. The zero-order valence-corrected chi connectivity index (χ0v) is 23.2.